The van der Waals surface area contributed by atoms with E-state index in [1.54, 1.807) is 12.1 Å². The van der Waals surface area contributed by atoms with Gasteiger partial charge in [-0.2, -0.15) is 0 Å². The largest absolute Gasteiger partial charge is 0.493 e. The number of hydrogen-bond donors (Lipinski definition) is 2. The van der Waals surface area contributed by atoms with Crippen molar-refractivity contribution in [3.05, 3.63) is 18.2 Å². The van der Waals surface area contributed by atoms with Gasteiger partial charge in [-0.1, -0.05) is 142 Å². The fourth-order valence-electron chi connectivity index (χ4n) is 5.52. The van der Waals surface area contributed by atoms with Crippen molar-refractivity contribution in [1.82, 2.24) is 0 Å². The van der Waals surface area contributed by atoms with Gasteiger partial charge in [0.25, 0.3) is 0 Å². The molecule has 0 unspecified atom stereocenters. The van der Waals surface area contributed by atoms with Gasteiger partial charge in [-0.25, -0.2) is 0 Å². The maximum absolute atomic E-state index is 12.5. The third-order valence-electron chi connectivity index (χ3n) is 8.11. The average Bonchev–Trinajstić information content (AvgIpc) is 2.99. The molecular weight excluding hydrogens is 570 g/mol. The predicted molar refractivity (Wildman–Crippen MR) is 183 cm³/mol. The monoisotopic (exact) mass is 633 g/mol. The standard InChI is InChI=1S/C37H63NO7/c1-3-5-7-9-11-12-13-14-15-16-17-18-19-20-22-24-26-44-33-27-32(38(30-35(39)40)31-36(41)42)28-34(29-33)45-37(43)25-23-21-10-8-6-4-2/h27-29H,3-26,30-31H2,1-2H3,(H,39,40)(H,41,42). The molecule has 0 radical (unpaired) electrons. The highest BCUT2D eigenvalue weighted by Gasteiger charge is 2.18. The van der Waals surface area contributed by atoms with Gasteiger partial charge < -0.3 is 24.6 Å². The summed E-state index contributed by atoms with van der Waals surface area (Å²) in [5.74, 6) is -2.02. The van der Waals surface area contributed by atoms with Gasteiger partial charge in [-0.05, 0) is 12.8 Å². The van der Waals surface area contributed by atoms with E-state index in [4.69, 9.17) is 9.47 Å². The molecule has 0 aliphatic carbocycles. The van der Waals surface area contributed by atoms with Crippen LogP contribution in [-0.2, 0) is 14.4 Å². The Morgan fingerprint density at radius 2 is 0.956 bits per heavy atom. The van der Waals surface area contributed by atoms with Crippen LogP contribution in [0.5, 0.6) is 11.5 Å². The minimum Gasteiger partial charge on any atom is -0.493 e. The van der Waals surface area contributed by atoms with Gasteiger partial charge in [0, 0.05) is 30.3 Å². The van der Waals surface area contributed by atoms with E-state index in [9.17, 15) is 24.6 Å². The second kappa shape index (κ2) is 27.5. The van der Waals surface area contributed by atoms with Crippen LogP contribution in [0.1, 0.15) is 162 Å². The lowest BCUT2D eigenvalue weighted by molar-refractivity contribution is -0.137. The van der Waals surface area contributed by atoms with Crippen LogP contribution in [0, 0.1) is 0 Å². The van der Waals surface area contributed by atoms with Gasteiger partial charge >= 0.3 is 17.9 Å². The van der Waals surface area contributed by atoms with E-state index in [0.29, 0.717) is 24.5 Å². The highest BCUT2D eigenvalue weighted by molar-refractivity contribution is 5.80. The number of hydrogen-bond acceptors (Lipinski definition) is 6. The quantitative estimate of drug-likeness (QED) is 0.0472. The predicted octanol–water partition coefficient (Wildman–Crippen LogP) is 9.96. The Labute approximate surface area is 273 Å². The van der Waals surface area contributed by atoms with E-state index in [2.05, 4.69) is 13.8 Å². The summed E-state index contributed by atoms with van der Waals surface area (Å²) in [7, 11) is 0. The zero-order chi connectivity index (χ0) is 33.0. The second-order valence-electron chi connectivity index (χ2n) is 12.4. The van der Waals surface area contributed by atoms with E-state index < -0.39 is 25.0 Å². The van der Waals surface area contributed by atoms with E-state index in [-0.39, 0.29) is 11.7 Å². The van der Waals surface area contributed by atoms with Gasteiger partial charge in [0.05, 0.1) is 6.61 Å². The number of unbranched alkanes of at least 4 members (excludes halogenated alkanes) is 20. The number of aliphatic carboxylic acids is 2. The molecule has 0 saturated carbocycles. The summed E-state index contributed by atoms with van der Waals surface area (Å²) < 4.78 is 11.6. The van der Waals surface area contributed by atoms with Crippen molar-refractivity contribution in [2.75, 3.05) is 24.6 Å². The first kappa shape index (κ1) is 40.3. The Morgan fingerprint density at radius 1 is 0.556 bits per heavy atom. The molecule has 1 rings (SSSR count). The Kier molecular flexibility index (Phi) is 24.6. The number of esters is 1. The van der Waals surface area contributed by atoms with Gasteiger partial charge in [0.1, 0.15) is 24.6 Å². The SMILES string of the molecule is CCCCCCCCCCCCCCCCCCOc1cc(OC(=O)CCCCCCCC)cc(N(CC(=O)O)CC(=O)O)c1. The van der Waals surface area contributed by atoms with Crippen molar-refractivity contribution >= 4 is 23.6 Å². The van der Waals surface area contributed by atoms with Crippen molar-refractivity contribution in [2.24, 2.45) is 0 Å². The molecule has 0 fully saturated rings. The molecule has 0 atom stereocenters. The zero-order valence-electron chi connectivity index (χ0n) is 28.5. The number of anilines is 1. The van der Waals surface area contributed by atoms with Gasteiger partial charge in [-0.3, -0.25) is 14.4 Å². The van der Waals surface area contributed by atoms with E-state index in [1.807, 2.05) is 0 Å². The van der Waals surface area contributed by atoms with Crippen molar-refractivity contribution in [1.29, 1.82) is 0 Å². The molecule has 0 spiro atoms. The van der Waals surface area contributed by atoms with Crippen molar-refractivity contribution < 1.29 is 34.1 Å². The summed E-state index contributed by atoms with van der Waals surface area (Å²) in [4.78, 5) is 36.6. The molecule has 8 nitrogen and oxygen atoms in total. The maximum Gasteiger partial charge on any atom is 0.323 e. The van der Waals surface area contributed by atoms with Gasteiger partial charge in [0.2, 0.25) is 0 Å². The van der Waals surface area contributed by atoms with Gasteiger partial charge in [-0.15, -0.1) is 0 Å². The highest BCUT2D eigenvalue weighted by atomic mass is 16.5. The van der Waals surface area contributed by atoms with Gasteiger partial charge in [0.15, 0.2) is 0 Å². The second-order valence-corrected chi connectivity index (χ2v) is 12.4. The molecule has 1 aromatic carbocycles. The lowest BCUT2D eigenvalue weighted by atomic mass is 10.0. The molecule has 258 valence electrons. The minimum atomic E-state index is -1.16. The molecule has 8 heteroatoms. The molecule has 0 saturated heterocycles. The zero-order valence-corrected chi connectivity index (χ0v) is 28.5. The summed E-state index contributed by atoms with van der Waals surface area (Å²) in [5, 5.41) is 18.7. The number of carbonyl (C=O) groups excluding carboxylic acids is 1. The number of ether oxygens (including phenoxy) is 2. The molecule has 45 heavy (non-hydrogen) atoms. The van der Waals surface area contributed by atoms with Crippen LogP contribution < -0.4 is 14.4 Å². The highest BCUT2D eigenvalue weighted by Crippen LogP contribution is 2.30. The van der Waals surface area contributed by atoms with E-state index in [0.717, 1.165) is 44.9 Å². The fraction of sp³-hybridized carbons (Fsp3) is 0.757. The summed E-state index contributed by atoms with van der Waals surface area (Å²) in [5.41, 5.74) is 0.326. The summed E-state index contributed by atoms with van der Waals surface area (Å²) >= 11 is 0. The summed E-state index contributed by atoms with van der Waals surface area (Å²) in [6.07, 6.45) is 27.3. The lowest BCUT2D eigenvalue weighted by Crippen LogP contribution is -2.34. The first-order valence-corrected chi connectivity index (χ1v) is 18.0. The molecule has 1 aromatic rings. The molecular formula is C37H63NO7. The number of benzene rings is 1. The van der Waals surface area contributed by atoms with Crippen LogP contribution in [0.2, 0.25) is 0 Å². The smallest absolute Gasteiger partial charge is 0.323 e. The topological polar surface area (TPSA) is 113 Å². The van der Waals surface area contributed by atoms with E-state index in [1.165, 1.54) is 107 Å². The Balaban J connectivity index is 2.45. The number of carboxylic acid groups (broad SMARTS) is 2. The Hall–Kier alpha value is -2.77. The summed E-state index contributed by atoms with van der Waals surface area (Å²) in [6, 6.07) is 4.74. The van der Waals surface area contributed by atoms with Crippen LogP contribution in [0.4, 0.5) is 5.69 Å². The number of carbonyl (C=O) groups is 3. The normalized spacial score (nSPS) is 11.0. The first-order valence-electron chi connectivity index (χ1n) is 18.0. The lowest BCUT2D eigenvalue weighted by Gasteiger charge is -2.22. The molecule has 0 bridgehead atoms. The number of carboxylic acids is 2. The van der Waals surface area contributed by atoms with Crippen LogP contribution in [0.3, 0.4) is 0 Å². The molecule has 0 heterocycles. The van der Waals surface area contributed by atoms with E-state index >= 15 is 0 Å². The van der Waals surface area contributed by atoms with Crippen molar-refractivity contribution in [2.45, 2.75) is 162 Å². The van der Waals surface area contributed by atoms with Crippen molar-refractivity contribution in [3.63, 3.8) is 0 Å². The fourth-order valence-corrected chi connectivity index (χ4v) is 5.52. The Bertz CT molecular complexity index is 904. The number of nitrogens with zero attached hydrogens (tertiary/aromatic N) is 1. The molecule has 0 amide bonds. The minimum absolute atomic E-state index is 0.228. The molecule has 0 aromatic heterocycles. The third-order valence-corrected chi connectivity index (χ3v) is 8.11. The maximum atomic E-state index is 12.5. The molecule has 2 N–H and O–H groups in total. The third kappa shape index (κ3) is 23.3. The van der Waals surface area contributed by atoms with Crippen LogP contribution in [-0.4, -0.2) is 47.8 Å². The number of rotatable bonds is 31. The molecule has 0 aliphatic rings. The van der Waals surface area contributed by atoms with Crippen molar-refractivity contribution in [3.8, 4) is 11.5 Å². The van der Waals surface area contributed by atoms with Crippen LogP contribution in [0.15, 0.2) is 18.2 Å². The summed E-state index contributed by atoms with van der Waals surface area (Å²) in [6.45, 7) is 3.91. The van der Waals surface area contributed by atoms with Crippen LogP contribution in [0.25, 0.3) is 0 Å². The first-order chi connectivity index (χ1) is 21.8. The van der Waals surface area contributed by atoms with Crippen LogP contribution >= 0.6 is 0 Å². The molecule has 0 aliphatic heterocycles. The Morgan fingerprint density at radius 3 is 1.40 bits per heavy atom. The average molecular weight is 634 g/mol.